The predicted molar refractivity (Wildman–Crippen MR) is 91.0 cm³/mol. The molecule has 0 unspecified atom stereocenters. The van der Waals surface area contributed by atoms with Crippen molar-refractivity contribution in [2.24, 2.45) is 11.8 Å². The van der Waals surface area contributed by atoms with Gasteiger partial charge in [-0.05, 0) is 56.4 Å². The summed E-state index contributed by atoms with van der Waals surface area (Å²) < 4.78 is 14.0. The fourth-order valence-corrected chi connectivity index (χ4v) is 2.90. The van der Waals surface area contributed by atoms with E-state index in [1.165, 1.54) is 25.7 Å². The van der Waals surface area contributed by atoms with Crippen molar-refractivity contribution < 1.29 is 4.39 Å². The molecule has 0 bridgehead atoms. The van der Waals surface area contributed by atoms with Gasteiger partial charge in [-0.25, -0.2) is 4.39 Å². The van der Waals surface area contributed by atoms with Crippen molar-refractivity contribution >= 4 is 5.69 Å². The molecular weight excluding hydrogens is 261 g/mol. The molecule has 1 N–H and O–H groups in total. The number of allylic oxidation sites excluding steroid dienone is 1. The van der Waals surface area contributed by atoms with Crippen molar-refractivity contribution in [1.82, 2.24) is 0 Å². The highest BCUT2D eigenvalue weighted by atomic mass is 19.1. The van der Waals surface area contributed by atoms with Gasteiger partial charge >= 0.3 is 0 Å². The molecule has 1 nitrogen and oxygen atoms in total. The van der Waals surface area contributed by atoms with E-state index < -0.39 is 0 Å². The van der Waals surface area contributed by atoms with E-state index in [1.807, 2.05) is 39.1 Å². The smallest absolute Gasteiger partial charge is 0.128 e. The number of halogens is 1. The number of rotatable bonds is 4. The van der Waals surface area contributed by atoms with Crippen LogP contribution in [0.25, 0.3) is 0 Å². The largest absolute Gasteiger partial charge is 0.362 e. The number of benzene rings is 1. The zero-order chi connectivity index (χ0) is 15.7. The Hall–Kier alpha value is -1.31. The van der Waals surface area contributed by atoms with Gasteiger partial charge in [-0.15, -0.1) is 0 Å². The summed E-state index contributed by atoms with van der Waals surface area (Å²) in [5, 5.41) is 3.18. The Morgan fingerprint density at radius 1 is 1.19 bits per heavy atom. The first-order valence-electron chi connectivity index (χ1n) is 8.35. The molecule has 1 aliphatic rings. The second kappa shape index (κ2) is 9.59. The third-order valence-electron chi connectivity index (χ3n) is 4.15. The van der Waals surface area contributed by atoms with E-state index in [2.05, 4.69) is 12.2 Å². The SMILES string of the molecule is C/C=C/Nc1cccc(F)c1CC1CCC(C)CC1.CC. The Morgan fingerprint density at radius 2 is 1.86 bits per heavy atom. The van der Waals surface area contributed by atoms with Gasteiger partial charge in [-0.3, -0.25) is 0 Å². The summed E-state index contributed by atoms with van der Waals surface area (Å²) in [7, 11) is 0. The number of hydrogen-bond donors (Lipinski definition) is 1. The van der Waals surface area contributed by atoms with E-state index in [0.29, 0.717) is 5.92 Å². The molecule has 118 valence electrons. The highest BCUT2D eigenvalue weighted by molar-refractivity contribution is 5.53. The van der Waals surface area contributed by atoms with Crippen molar-refractivity contribution in [1.29, 1.82) is 0 Å². The second-order valence-corrected chi connectivity index (χ2v) is 5.74. The Kier molecular flexibility index (Phi) is 8.11. The van der Waals surface area contributed by atoms with E-state index in [4.69, 9.17) is 0 Å². The minimum absolute atomic E-state index is 0.0758. The van der Waals surface area contributed by atoms with Crippen LogP contribution in [0.3, 0.4) is 0 Å². The Labute approximate surface area is 129 Å². The zero-order valence-corrected chi connectivity index (χ0v) is 14.0. The van der Waals surface area contributed by atoms with Crippen molar-refractivity contribution in [3.8, 4) is 0 Å². The first-order chi connectivity index (χ1) is 10.2. The lowest BCUT2D eigenvalue weighted by Crippen LogP contribution is -2.15. The molecule has 2 heteroatoms. The van der Waals surface area contributed by atoms with Gasteiger partial charge in [-0.2, -0.15) is 0 Å². The average Bonchev–Trinajstić information content (AvgIpc) is 2.52. The Morgan fingerprint density at radius 3 is 2.48 bits per heavy atom. The van der Waals surface area contributed by atoms with E-state index in [1.54, 1.807) is 12.1 Å². The first-order valence-corrected chi connectivity index (χ1v) is 8.35. The summed E-state index contributed by atoms with van der Waals surface area (Å²) in [5.41, 5.74) is 1.76. The van der Waals surface area contributed by atoms with Crippen LogP contribution in [0, 0.1) is 17.7 Å². The monoisotopic (exact) mass is 291 g/mol. The molecule has 1 aliphatic carbocycles. The molecule has 1 saturated carbocycles. The third kappa shape index (κ3) is 5.53. The van der Waals surface area contributed by atoms with Crippen LogP contribution in [0.4, 0.5) is 10.1 Å². The summed E-state index contributed by atoms with van der Waals surface area (Å²) in [5.74, 6) is 1.41. The molecule has 0 amide bonds. The predicted octanol–water partition coefficient (Wildman–Crippen LogP) is 6.17. The fourth-order valence-electron chi connectivity index (χ4n) is 2.90. The fraction of sp³-hybridized carbons (Fsp3) is 0.579. The van der Waals surface area contributed by atoms with Gasteiger partial charge in [0.05, 0.1) is 0 Å². The summed E-state index contributed by atoms with van der Waals surface area (Å²) in [6.45, 7) is 8.27. The first kappa shape index (κ1) is 17.7. The molecule has 1 aromatic carbocycles. The highest BCUT2D eigenvalue weighted by Gasteiger charge is 2.20. The number of anilines is 1. The lowest BCUT2D eigenvalue weighted by atomic mass is 9.80. The van der Waals surface area contributed by atoms with Gasteiger partial charge in [0, 0.05) is 11.3 Å². The molecule has 1 aromatic rings. The molecule has 0 radical (unpaired) electrons. The van der Waals surface area contributed by atoms with Crippen molar-refractivity contribution in [2.75, 3.05) is 5.32 Å². The van der Waals surface area contributed by atoms with Gasteiger partial charge in [0.25, 0.3) is 0 Å². The normalized spacial score (nSPS) is 21.8. The summed E-state index contributed by atoms with van der Waals surface area (Å²) in [6, 6.07) is 5.30. The van der Waals surface area contributed by atoms with Crippen LogP contribution < -0.4 is 5.32 Å². The van der Waals surface area contributed by atoms with Gasteiger partial charge in [0.1, 0.15) is 5.82 Å². The van der Waals surface area contributed by atoms with Crippen molar-refractivity contribution in [3.05, 3.63) is 41.9 Å². The van der Waals surface area contributed by atoms with Crippen LogP contribution in [0.2, 0.25) is 0 Å². The van der Waals surface area contributed by atoms with Crippen molar-refractivity contribution in [3.63, 3.8) is 0 Å². The zero-order valence-electron chi connectivity index (χ0n) is 14.0. The van der Waals surface area contributed by atoms with Crippen LogP contribution >= 0.6 is 0 Å². The maximum absolute atomic E-state index is 14.0. The van der Waals surface area contributed by atoms with Crippen LogP contribution in [0.1, 0.15) is 58.9 Å². The van der Waals surface area contributed by atoms with Crippen LogP contribution in [0.15, 0.2) is 30.5 Å². The molecule has 0 aromatic heterocycles. The third-order valence-corrected chi connectivity index (χ3v) is 4.15. The molecule has 0 atom stereocenters. The van der Waals surface area contributed by atoms with Gasteiger partial charge in [-0.1, -0.05) is 45.8 Å². The van der Waals surface area contributed by atoms with Gasteiger partial charge < -0.3 is 5.32 Å². The minimum Gasteiger partial charge on any atom is -0.362 e. The molecule has 2 rings (SSSR count). The molecule has 0 saturated heterocycles. The molecule has 0 spiro atoms. The van der Waals surface area contributed by atoms with Crippen LogP contribution in [-0.4, -0.2) is 0 Å². The highest BCUT2D eigenvalue weighted by Crippen LogP contribution is 2.33. The van der Waals surface area contributed by atoms with Gasteiger partial charge in [0.2, 0.25) is 0 Å². The Bertz CT molecular complexity index is 431. The topological polar surface area (TPSA) is 12.0 Å². The molecule has 0 heterocycles. The summed E-state index contributed by atoms with van der Waals surface area (Å²) in [6.07, 6.45) is 9.70. The quantitative estimate of drug-likeness (QED) is 0.700. The maximum atomic E-state index is 14.0. The molecule has 0 aliphatic heterocycles. The van der Waals surface area contributed by atoms with Crippen LogP contribution in [-0.2, 0) is 6.42 Å². The lowest BCUT2D eigenvalue weighted by Gasteiger charge is -2.27. The van der Waals surface area contributed by atoms with E-state index in [9.17, 15) is 4.39 Å². The minimum atomic E-state index is -0.0758. The van der Waals surface area contributed by atoms with E-state index in [-0.39, 0.29) is 5.82 Å². The Balaban J connectivity index is 0.00000106. The molecular formula is C19H30FN. The van der Waals surface area contributed by atoms with E-state index >= 15 is 0 Å². The number of nitrogens with one attached hydrogen (secondary N) is 1. The summed E-state index contributed by atoms with van der Waals surface area (Å²) >= 11 is 0. The molecule has 21 heavy (non-hydrogen) atoms. The maximum Gasteiger partial charge on any atom is 0.128 e. The van der Waals surface area contributed by atoms with E-state index in [0.717, 1.165) is 23.6 Å². The summed E-state index contributed by atoms with van der Waals surface area (Å²) in [4.78, 5) is 0. The lowest BCUT2D eigenvalue weighted by molar-refractivity contribution is 0.287. The van der Waals surface area contributed by atoms with Crippen LogP contribution in [0.5, 0.6) is 0 Å². The molecule has 1 fully saturated rings. The standard InChI is InChI=1S/C17H24FN.C2H6/c1-3-11-19-17-6-4-5-16(18)15(17)12-14-9-7-13(2)8-10-14;1-2/h3-6,11,13-14,19H,7-10,12H2,1-2H3;1-2H3/b11-3+;. The van der Waals surface area contributed by atoms with Gasteiger partial charge in [0.15, 0.2) is 0 Å². The average molecular weight is 291 g/mol. The van der Waals surface area contributed by atoms with Crippen molar-refractivity contribution in [2.45, 2.75) is 59.8 Å². The second-order valence-electron chi connectivity index (χ2n) is 5.74. The number of hydrogen-bond acceptors (Lipinski definition) is 1.